The SMILES string of the molecule is Cc1ccc([C-]([N+](=O)[O-])[N+](=O)[O-])c(C)c1.[K+]. The van der Waals surface area contributed by atoms with Crippen LogP contribution in [0.3, 0.4) is 0 Å². The number of nitrogens with zero attached hydrogens (tertiary/aromatic N) is 2. The summed E-state index contributed by atoms with van der Waals surface area (Å²) in [5.41, 5.74) is 1.48. The zero-order valence-corrected chi connectivity index (χ0v) is 12.4. The molecule has 0 heterocycles. The van der Waals surface area contributed by atoms with Crippen molar-refractivity contribution in [1.29, 1.82) is 0 Å². The second-order valence-corrected chi connectivity index (χ2v) is 3.16. The van der Waals surface area contributed by atoms with Crippen molar-refractivity contribution in [2.45, 2.75) is 13.8 Å². The summed E-state index contributed by atoms with van der Waals surface area (Å²) in [6, 6.07) is 4.67. The van der Waals surface area contributed by atoms with Gasteiger partial charge >= 0.3 is 57.6 Å². The molecule has 16 heavy (non-hydrogen) atoms. The summed E-state index contributed by atoms with van der Waals surface area (Å²) in [4.78, 5) is 19.1. The van der Waals surface area contributed by atoms with Crippen molar-refractivity contribution in [2.75, 3.05) is 0 Å². The van der Waals surface area contributed by atoms with Gasteiger partial charge in [0.2, 0.25) is 0 Å². The molecule has 0 fully saturated rings. The van der Waals surface area contributed by atoms with Crippen LogP contribution >= 0.6 is 0 Å². The Morgan fingerprint density at radius 1 is 1.12 bits per heavy atom. The van der Waals surface area contributed by atoms with Gasteiger partial charge in [-0.1, -0.05) is 12.5 Å². The Morgan fingerprint density at radius 3 is 2.00 bits per heavy atom. The van der Waals surface area contributed by atoms with Crippen LogP contribution in [0.4, 0.5) is 0 Å². The molecule has 0 spiro atoms. The first kappa shape index (κ1) is 15.5. The van der Waals surface area contributed by atoms with Crippen LogP contribution in [0.1, 0.15) is 16.7 Å². The topological polar surface area (TPSA) is 86.3 Å². The molecule has 0 aromatic heterocycles. The Bertz CT molecular complexity index is 408. The number of aryl methyl sites for hydroxylation is 2. The standard InChI is InChI=1S/C9H9N2O4.K/c1-6-3-4-8(7(2)5-6)9(10(12)13)11(14)15;/h3-5H,1-2H3;/q-1;+1. The monoisotopic (exact) mass is 248 g/mol. The predicted octanol–water partition coefficient (Wildman–Crippen LogP) is -1.30. The average Bonchev–Trinajstić information content (AvgIpc) is 2.08. The minimum Gasteiger partial charge on any atom is -0.265 e. The van der Waals surface area contributed by atoms with E-state index in [0.717, 1.165) is 5.56 Å². The minimum atomic E-state index is -0.979. The molecule has 7 heteroatoms. The van der Waals surface area contributed by atoms with Crippen molar-refractivity contribution in [1.82, 2.24) is 0 Å². The van der Waals surface area contributed by atoms with E-state index < -0.39 is 16.0 Å². The summed E-state index contributed by atoms with van der Waals surface area (Å²) in [5.74, 6) is 0. The van der Waals surface area contributed by atoms with Gasteiger partial charge in [0.1, 0.15) is 0 Å². The number of hydrogen-bond acceptors (Lipinski definition) is 4. The Labute approximate surface area is 135 Å². The average molecular weight is 248 g/mol. The van der Waals surface area contributed by atoms with Gasteiger partial charge in [0.25, 0.3) is 0 Å². The van der Waals surface area contributed by atoms with Crippen molar-refractivity contribution in [3.05, 3.63) is 61.3 Å². The van der Waals surface area contributed by atoms with Gasteiger partial charge in [-0.15, -0.1) is 23.8 Å². The molecule has 0 radical (unpaired) electrons. The van der Waals surface area contributed by atoms with Gasteiger partial charge in [-0.3, -0.25) is 20.2 Å². The molecule has 6 nitrogen and oxygen atoms in total. The molecule has 0 aliphatic carbocycles. The largest absolute Gasteiger partial charge is 1.00 e. The Kier molecular flexibility index (Phi) is 6.12. The first-order chi connectivity index (χ1) is 6.93. The fourth-order valence-corrected chi connectivity index (χ4v) is 1.33. The quantitative estimate of drug-likeness (QED) is 0.288. The third kappa shape index (κ3) is 3.53. The van der Waals surface area contributed by atoms with Crippen LogP contribution in [0.15, 0.2) is 18.2 Å². The normalized spacial score (nSPS) is 9.12. The van der Waals surface area contributed by atoms with Gasteiger partial charge in [-0.25, -0.2) is 0 Å². The maximum atomic E-state index is 10.5. The molecular weight excluding hydrogens is 239 g/mol. The summed E-state index contributed by atoms with van der Waals surface area (Å²) in [5, 5.41) is 21.0. The molecule has 0 amide bonds. The third-order valence-electron chi connectivity index (χ3n) is 1.97. The van der Waals surface area contributed by atoms with Crippen molar-refractivity contribution >= 4 is 0 Å². The van der Waals surface area contributed by atoms with Gasteiger partial charge in [-0.2, -0.15) is 0 Å². The fourth-order valence-electron chi connectivity index (χ4n) is 1.33. The van der Waals surface area contributed by atoms with Crippen LogP contribution < -0.4 is 51.4 Å². The van der Waals surface area contributed by atoms with Gasteiger partial charge in [0.05, 0.1) is 9.85 Å². The van der Waals surface area contributed by atoms with Gasteiger partial charge in [0.15, 0.2) is 0 Å². The summed E-state index contributed by atoms with van der Waals surface area (Å²) >= 11 is 0. The second kappa shape index (κ2) is 6.31. The first-order valence-electron chi connectivity index (χ1n) is 4.17. The fraction of sp³-hybridized carbons (Fsp3) is 0.222. The van der Waals surface area contributed by atoms with Crippen molar-refractivity contribution in [3.63, 3.8) is 0 Å². The van der Waals surface area contributed by atoms with Crippen LogP contribution in [0.5, 0.6) is 0 Å². The van der Waals surface area contributed by atoms with E-state index in [1.807, 2.05) is 6.92 Å². The molecule has 80 valence electrons. The van der Waals surface area contributed by atoms with E-state index in [1.54, 1.807) is 19.1 Å². The zero-order valence-electron chi connectivity index (χ0n) is 9.26. The number of rotatable bonds is 3. The van der Waals surface area contributed by atoms with E-state index in [0.29, 0.717) is 5.56 Å². The number of hydrogen-bond donors (Lipinski definition) is 0. The number of benzene rings is 1. The number of nitro groups is 2. The van der Waals surface area contributed by atoms with Gasteiger partial charge in [-0.05, 0) is 12.5 Å². The molecule has 0 aliphatic heterocycles. The molecule has 1 aromatic carbocycles. The van der Waals surface area contributed by atoms with E-state index in [-0.39, 0.29) is 56.9 Å². The zero-order chi connectivity index (χ0) is 11.6. The Hall–Kier alpha value is -0.474. The van der Waals surface area contributed by atoms with E-state index in [1.165, 1.54) is 6.07 Å². The van der Waals surface area contributed by atoms with Crippen molar-refractivity contribution < 1.29 is 61.2 Å². The van der Waals surface area contributed by atoms with E-state index >= 15 is 0 Å². The smallest absolute Gasteiger partial charge is 0.265 e. The van der Waals surface area contributed by atoms with Crippen molar-refractivity contribution in [3.8, 4) is 0 Å². The van der Waals surface area contributed by atoms with Gasteiger partial charge < -0.3 is 0 Å². The summed E-state index contributed by atoms with van der Waals surface area (Å²) in [7, 11) is 0. The molecule has 0 bridgehead atoms. The molecule has 0 aliphatic rings. The first-order valence-corrected chi connectivity index (χ1v) is 4.17. The van der Waals surface area contributed by atoms with Crippen molar-refractivity contribution in [2.24, 2.45) is 0 Å². The summed E-state index contributed by atoms with van der Waals surface area (Å²) in [6.45, 7) is 3.42. The molecular formula is C9H9KN2O4. The minimum absolute atomic E-state index is 0. The van der Waals surface area contributed by atoms with E-state index in [9.17, 15) is 20.2 Å². The molecule has 1 rings (SSSR count). The van der Waals surface area contributed by atoms with Gasteiger partial charge in [0, 0.05) is 0 Å². The summed E-state index contributed by atoms with van der Waals surface area (Å²) in [6.07, 6.45) is -0.979. The second-order valence-electron chi connectivity index (χ2n) is 3.16. The Balaban J connectivity index is 0.00000225. The maximum absolute atomic E-state index is 10.5. The van der Waals surface area contributed by atoms with Crippen LogP contribution in [0.2, 0.25) is 0 Å². The predicted molar refractivity (Wildman–Crippen MR) is 52.2 cm³/mol. The van der Waals surface area contributed by atoms with Crippen LogP contribution in [-0.2, 0) is 0 Å². The Morgan fingerprint density at radius 2 is 1.62 bits per heavy atom. The van der Waals surface area contributed by atoms with E-state index in [2.05, 4.69) is 0 Å². The van der Waals surface area contributed by atoms with E-state index in [4.69, 9.17) is 0 Å². The maximum Gasteiger partial charge on any atom is 1.00 e. The van der Waals surface area contributed by atoms with Crippen LogP contribution in [0.25, 0.3) is 0 Å². The molecule has 1 aromatic rings. The molecule has 0 saturated carbocycles. The molecule has 0 saturated heterocycles. The molecule has 0 atom stereocenters. The van der Waals surface area contributed by atoms with Crippen LogP contribution in [-0.4, -0.2) is 9.85 Å². The molecule has 0 N–H and O–H groups in total. The molecule has 0 unspecified atom stereocenters. The third-order valence-corrected chi connectivity index (χ3v) is 1.97. The summed E-state index contributed by atoms with van der Waals surface area (Å²) < 4.78 is 0. The van der Waals surface area contributed by atoms with Crippen LogP contribution in [0, 0.1) is 40.2 Å².